The summed E-state index contributed by atoms with van der Waals surface area (Å²) in [4.78, 5) is 13.4. The maximum Gasteiger partial charge on any atom is 0.160 e. The topological polar surface area (TPSA) is 43.6 Å². The Morgan fingerprint density at radius 1 is 1.15 bits per heavy atom. The largest absolute Gasteiger partial charge is 0.306 e. The molecule has 0 aliphatic heterocycles. The van der Waals surface area contributed by atoms with Gasteiger partial charge in [0.15, 0.2) is 5.65 Å². The van der Waals surface area contributed by atoms with Crippen LogP contribution >= 0.6 is 11.6 Å². The first kappa shape index (κ1) is 13.1. The summed E-state index contributed by atoms with van der Waals surface area (Å²) in [6.45, 7) is 2.78. The lowest BCUT2D eigenvalue weighted by Gasteiger charge is -2.09. The van der Waals surface area contributed by atoms with E-state index in [1.165, 1.54) is 5.56 Å². The van der Waals surface area contributed by atoms with E-state index in [0.29, 0.717) is 12.4 Å². The minimum absolute atomic E-state index is 0.366. The molecule has 0 amide bonds. The number of imidazole rings is 1. The smallest absolute Gasteiger partial charge is 0.160 e. The van der Waals surface area contributed by atoms with Crippen LogP contribution in [0.15, 0.2) is 36.7 Å². The van der Waals surface area contributed by atoms with Crippen LogP contribution in [0.5, 0.6) is 0 Å². The van der Waals surface area contributed by atoms with Gasteiger partial charge in [0.05, 0.1) is 18.1 Å². The SMILES string of the molecule is CCc1cccnc1Cn1c(CCl)nc2cccnc21. The third kappa shape index (κ3) is 2.27. The highest BCUT2D eigenvalue weighted by atomic mass is 35.5. The second-order valence-corrected chi connectivity index (χ2v) is 4.82. The number of rotatable bonds is 4. The molecule has 0 saturated heterocycles. The van der Waals surface area contributed by atoms with E-state index in [-0.39, 0.29) is 0 Å². The summed E-state index contributed by atoms with van der Waals surface area (Å²) in [7, 11) is 0. The Kier molecular flexibility index (Phi) is 3.65. The minimum Gasteiger partial charge on any atom is -0.306 e. The summed E-state index contributed by atoms with van der Waals surface area (Å²) in [6.07, 6.45) is 4.55. The number of pyridine rings is 2. The van der Waals surface area contributed by atoms with Gasteiger partial charge in [-0.25, -0.2) is 9.97 Å². The number of hydrogen-bond donors (Lipinski definition) is 0. The highest BCUT2D eigenvalue weighted by Crippen LogP contribution is 2.18. The van der Waals surface area contributed by atoms with E-state index in [0.717, 1.165) is 29.1 Å². The zero-order chi connectivity index (χ0) is 13.9. The lowest BCUT2D eigenvalue weighted by molar-refractivity contribution is 0.740. The van der Waals surface area contributed by atoms with Crippen molar-refractivity contribution in [2.75, 3.05) is 0 Å². The molecule has 3 aromatic rings. The summed E-state index contributed by atoms with van der Waals surface area (Å²) in [6, 6.07) is 7.91. The van der Waals surface area contributed by atoms with Crippen LogP contribution in [-0.2, 0) is 18.8 Å². The van der Waals surface area contributed by atoms with Crippen LogP contribution in [0.2, 0.25) is 0 Å². The molecular formula is C15H15ClN4. The van der Waals surface area contributed by atoms with E-state index in [1.807, 2.05) is 29.0 Å². The lowest BCUT2D eigenvalue weighted by Crippen LogP contribution is -2.08. The Bertz CT molecular complexity index is 736. The molecule has 4 nitrogen and oxygen atoms in total. The van der Waals surface area contributed by atoms with Gasteiger partial charge >= 0.3 is 0 Å². The summed E-state index contributed by atoms with van der Waals surface area (Å²) in [5.74, 6) is 1.19. The van der Waals surface area contributed by atoms with Crippen LogP contribution in [0.4, 0.5) is 0 Å². The van der Waals surface area contributed by atoms with Gasteiger partial charge in [-0.05, 0) is 30.2 Å². The number of aromatic nitrogens is 4. The molecular weight excluding hydrogens is 272 g/mol. The molecule has 3 heterocycles. The molecule has 102 valence electrons. The fraction of sp³-hybridized carbons (Fsp3) is 0.267. The number of hydrogen-bond acceptors (Lipinski definition) is 3. The quantitative estimate of drug-likeness (QED) is 0.692. The Balaban J connectivity index is 2.10. The third-order valence-electron chi connectivity index (χ3n) is 3.38. The van der Waals surface area contributed by atoms with Crippen molar-refractivity contribution < 1.29 is 0 Å². The average Bonchev–Trinajstić information content (AvgIpc) is 2.86. The number of halogens is 1. The number of fused-ring (bicyclic) bond motifs is 1. The summed E-state index contributed by atoms with van der Waals surface area (Å²) >= 11 is 6.01. The van der Waals surface area contributed by atoms with Crippen molar-refractivity contribution in [2.45, 2.75) is 25.8 Å². The molecule has 0 unspecified atom stereocenters. The standard InChI is InChI=1S/C15H15ClN4/c1-2-11-5-3-7-17-13(11)10-20-14(9-16)19-12-6-4-8-18-15(12)20/h3-8H,2,9-10H2,1H3. The molecule has 20 heavy (non-hydrogen) atoms. The molecule has 5 heteroatoms. The molecule has 0 aliphatic carbocycles. The fourth-order valence-electron chi connectivity index (χ4n) is 2.36. The van der Waals surface area contributed by atoms with Gasteiger partial charge in [0.25, 0.3) is 0 Å². The maximum absolute atomic E-state index is 6.01. The third-order valence-corrected chi connectivity index (χ3v) is 3.61. The zero-order valence-corrected chi connectivity index (χ0v) is 12.0. The van der Waals surface area contributed by atoms with Gasteiger partial charge in [0, 0.05) is 12.4 Å². The monoisotopic (exact) mass is 286 g/mol. The minimum atomic E-state index is 0.366. The molecule has 0 bridgehead atoms. The molecule has 3 rings (SSSR count). The Morgan fingerprint density at radius 3 is 2.75 bits per heavy atom. The van der Waals surface area contributed by atoms with Gasteiger partial charge in [-0.1, -0.05) is 13.0 Å². The van der Waals surface area contributed by atoms with Crippen LogP contribution < -0.4 is 0 Å². The maximum atomic E-state index is 6.01. The second-order valence-electron chi connectivity index (χ2n) is 4.56. The van der Waals surface area contributed by atoms with E-state index in [4.69, 9.17) is 11.6 Å². The summed E-state index contributed by atoms with van der Waals surface area (Å²) in [5.41, 5.74) is 4.02. The van der Waals surface area contributed by atoms with E-state index in [2.05, 4.69) is 27.9 Å². The van der Waals surface area contributed by atoms with Crippen LogP contribution in [-0.4, -0.2) is 19.5 Å². The van der Waals surface area contributed by atoms with E-state index in [9.17, 15) is 0 Å². The Morgan fingerprint density at radius 2 is 1.95 bits per heavy atom. The van der Waals surface area contributed by atoms with Crippen molar-refractivity contribution in [3.8, 4) is 0 Å². The molecule has 0 atom stereocenters. The zero-order valence-electron chi connectivity index (χ0n) is 11.3. The second kappa shape index (κ2) is 5.59. The molecule has 0 saturated carbocycles. The molecule has 0 aliphatic rings. The van der Waals surface area contributed by atoms with Crippen molar-refractivity contribution in [2.24, 2.45) is 0 Å². The van der Waals surface area contributed by atoms with Crippen LogP contribution in [0, 0.1) is 0 Å². The molecule has 0 spiro atoms. The van der Waals surface area contributed by atoms with Crippen molar-refractivity contribution >= 4 is 22.8 Å². The number of alkyl halides is 1. The van der Waals surface area contributed by atoms with Gasteiger partial charge < -0.3 is 4.57 Å². The lowest BCUT2D eigenvalue weighted by atomic mass is 10.1. The first-order chi connectivity index (χ1) is 9.83. The van der Waals surface area contributed by atoms with Gasteiger partial charge in [-0.2, -0.15) is 0 Å². The highest BCUT2D eigenvalue weighted by molar-refractivity contribution is 6.16. The van der Waals surface area contributed by atoms with Gasteiger partial charge in [0.2, 0.25) is 0 Å². The highest BCUT2D eigenvalue weighted by Gasteiger charge is 2.12. The summed E-state index contributed by atoms with van der Waals surface area (Å²) in [5, 5.41) is 0. The van der Waals surface area contributed by atoms with Crippen LogP contribution in [0.25, 0.3) is 11.2 Å². The summed E-state index contributed by atoms with van der Waals surface area (Å²) < 4.78 is 2.05. The van der Waals surface area contributed by atoms with E-state index in [1.54, 1.807) is 6.20 Å². The molecule has 0 radical (unpaired) electrons. The number of aryl methyl sites for hydroxylation is 1. The van der Waals surface area contributed by atoms with Gasteiger partial charge in [-0.3, -0.25) is 4.98 Å². The first-order valence-corrected chi connectivity index (χ1v) is 7.15. The van der Waals surface area contributed by atoms with Crippen molar-refractivity contribution in [3.63, 3.8) is 0 Å². The van der Waals surface area contributed by atoms with E-state index < -0.39 is 0 Å². The Hall–Kier alpha value is -1.94. The molecule has 0 fully saturated rings. The van der Waals surface area contributed by atoms with Crippen LogP contribution in [0.3, 0.4) is 0 Å². The molecule has 3 aromatic heterocycles. The van der Waals surface area contributed by atoms with E-state index >= 15 is 0 Å². The van der Waals surface area contributed by atoms with Crippen molar-refractivity contribution in [3.05, 3.63) is 53.7 Å². The van der Waals surface area contributed by atoms with Crippen molar-refractivity contribution in [1.82, 2.24) is 19.5 Å². The number of nitrogens with zero attached hydrogens (tertiary/aromatic N) is 4. The predicted octanol–water partition coefficient (Wildman–Crippen LogP) is 3.18. The Labute approximate surface area is 122 Å². The average molecular weight is 287 g/mol. The molecule has 0 N–H and O–H groups in total. The first-order valence-electron chi connectivity index (χ1n) is 6.62. The van der Waals surface area contributed by atoms with Gasteiger partial charge in [0.1, 0.15) is 11.3 Å². The fourth-order valence-corrected chi connectivity index (χ4v) is 2.56. The molecule has 0 aromatic carbocycles. The van der Waals surface area contributed by atoms with Gasteiger partial charge in [-0.15, -0.1) is 11.6 Å². The predicted molar refractivity (Wildman–Crippen MR) is 79.8 cm³/mol. The normalized spacial score (nSPS) is 11.1. The van der Waals surface area contributed by atoms with Crippen molar-refractivity contribution in [1.29, 1.82) is 0 Å². The van der Waals surface area contributed by atoms with Crippen LogP contribution in [0.1, 0.15) is 24.0 Å².